The number of benzene rings is 2. The van der Waals surface area contributed by atoms with Gasteiger partial charge in [-0.25, -0.2) is 4.39 Å². The second kappa shape index (κ2) is 9.18. The highest BCUT2D eigenvalue weighted by molar-refractivity contribution is 6.46. The summed E-state index contributed by atoms with van der Waals surface area (Å²) in [5.74, 6) is -1.52. The molecule has 31 heavy (non-hydrogen) atoms. The lowest BCUT2D eigenvalue weighted by Crippen LogP contribution is -2.35. The van der Waals surface area contributed by atoms with Crippen LogP contribution in [0.3, 0.4) is 0 Å². The van der Waals surface area contributed by atoms with Gasteiger partial charge < -0.3 is 24.4 Å². The Balaban J connectivity index is 2.18. The van der Waals surface area contributed by atoms with Gasteiger partial charge in [-0.05, 0) is 43.9 Å². The molecule has 3 rings (SSSR count). The third-order valence-electron chi connectivity index (χ3n) is 5.18. The lowest BCUT2D eigenvalue weighted by molar-refractivity contribution is -0.140. The van der Waals surface area contributed by atoms with Gasteiger partial charge in [0.2, 0.25) is 0 Å². The van der Waals surface area contributed by atoms with E-state index in [1.807, 2.05) is 19.0 Å². The Kier molecular flexibility index (Phi) is 6.60. The van der Waals surface area contributed by atoms with E-state index in [1.165, 1.54) is 43.4 Å². The molecule has 0 saturated carbocycles. The van der Waals surface area contributed by atoms with Crippen molar-refractivity contribution in [1.82, 2.24) is 9.80 Å². The highest BCUT2D eigenvalue weighted by atomic mass is 19.1. The minimum Gasteiger partial charge on any atom is -0.507 e. The number of methoxy groups -OCH3 is 2. The zero-order valence-electron chi connectivity index (χ0n) is 17.9. The van der Waals surface area contributed by atoms with Gasteiger partial charge in [-0.15, -0.1) is 0 Å². The van der Waals surface area contributed by atoms with Crippen molar-refractivity contribution in [2.75, 3.05) is 41.4 Å². The number of Topliss-reactive ketones (excluding diaryl/α,β-unsaturated/α-hetero) is 1. The van der Waals surface area contributed by atoms with E-state index in [0.717, 1.165) is 0 Å². The summed E-state index contributed by atoms with van der Waals surface area (Å²) in [6.07, 6.45) is 0. The van der Waals surface area contributed by atoms with Gasteiger partial charge in [0.25, 0.3) is 11.7 Å². The molecule has 164 valence electrons. The number of carbonyl (C=O) groups is 2. The Morgan fingerprint density at radius 1 is 1.10 bits per heavy atom. The number of ketones is 1. The minimum atomic E-state index is -0.854. The smallest absolute Gasteiger partial charge is 0.295 e. The molecule has 0 bridgehead atoms. The molecule has 0 unspecified atom stereocenters. The normalized spacial score (nSPS) is 18.0. The first-order valence-electron chi connectivity index (χ1n) is 9.69. The van der Waals surface area contributed by atoms with Crippen molar-refractivity contribution in [3.05, 3.63) is 65.0 Å². The molecule has 0 radical (unpaired) electrons. The van der Waals surface area contributed by atoms with Crippen molar-refractivity contribution in [1.29, 1.82) is 0 Å². The molecule has 0 spiro atoms. The number of aliphatic hydroxyl groups is 1. The quantitative estimate of drug-likeness (QED) is 0.415. The summed E-state index contributed by atoms with van der Waals surface area (Å²) in [6.45, 7) is 0.771. The van der Waals surface area contributed by atoms with Crippen molar-refractivity contribution < 1.29 is 28.6 Å². The van der Waals surface area contributed by atoms with E-state index >= 15 is 0 Å². The Labute approximate surface area is 180 Å². The molecule has 1 N–H and O–H groups in total. The molecule has 1 fully saturated rings. The van der Waals surface area contributed by atoms with Crippen LogP contribution in [0, 0.1) is 5.82 Å². The van der Waals surface area contributed by atoms with Gasteiger partial charge in [0, 0.05) is 19.2 Å². The Morgan fingerprint density at radius 2 is 1.77 bits per heavy atom. The fourth-order valence-corrected chi connectivity index (χ4v) is 3.55. The fraction of sp³-hybridized carbons (Fsp3) is 0.304. The Bertz CT molecular complexity index is 1020. The van der Waals surface area contributed by atoms with E-state index in [4.69, 9.17) is 9.47 Å². The molecular formula is C23H25FN2O5. The second-order valence-corrected chi connectivity index (χ2v) is 7.41. The number of carbonyl (C=O) groups excluding carboxylic acids is 2. The molecule has 1 aliphatic rings. The summed E-state index contributed by atoms with van der Waals surface area (Å²) in [7, 11) is 6.63. The van der Waals surface area contributed by atoms with Gasteiger partial charge in [0.15, 0.2) is 0 Å². The van der Waals surface area contributed by atoms with Gasteiger partial charge in [0.1, 0.15) is 23.1 Å². The molecule has 7 nitrogen and oxygen atoms in total. The van der Waals surface area contributed by atoms with Crippen molar-refractivity contribution in [3.63, 3.8) is 0 Å². The monoisotopic (exact) mass is 428 g/mol. The van der Waals surface area contributed by atoms with Crippen LogP contribution < -0.4 is 9.47 Å². The van der Waals surface area contributed by atoms with Crippen molar-refractivity contribution >= 4 is 17.4 Å². The van der Waals surface area contributed by atoms with Crippen LogP contribution in [0.2, 0.25) is 0 Å². The summed E-state index contributed by atoms with van der Waals surface area (Å²) in [4.78, 5) is 29.1. The topological polar surface area (TPSA) is 79.3 Å². The van der Waals surface area contributed by atoms with Gasteiger partial charge in [0.05, 0.1) is 31.4 Å². The lowest BCUT2D eigenvalue weighted by atomic mass is 9.95. The van der Waals surface area contributed by atoms with E-state index < -0.39 is 23.5 Å². The maximum absolute atomic E-state index is 13.5. The number of ether oxygens (including phenoxy) is 2. The number of nitrogens with zero attached hydrogens (tertiary/aromatic N) is 2. The van der Waals surface area contributed by atoms with Gasteiger partial charge in [-0.2, -0.15) is 0 Å². The van der Waals surface area contributed by atoms with Crippen LogP contribution in [0.4, 0.5) is 4.39 Å². The first-order chi connectivity index (χ1) is 14.8. The first-order valence-corrected chi connectivity index (χ1v) is 9.69. The average Bonchev–Trinajstić information content (AvgIpc) is 3.01. The van der Waals surface area contributed by atoms with E-state index in [1.54, 1.807) is 18.2 Å². The highest BCUT2D eigenvalue weighted by Crippen LogP contribution is 2.41. The van der Waals surface area contributed by atoms with Crippen molar-refractivity contribution in [3.8, 4) is 11.5 Å². The summed E-state index contributed by atoms with van der Waals surface area (Å²) < 4.78 is 24.1. The number of halogens is 1. The lowest BCUT2D eigenvalue weighted by Gasteiger charge is -2.26. The number of likely N-dealkylation sites (N-methyl/N-ethyl adjacent to an activating group) is 1. The van der Waals surface area contributed by atoms with E-state index in [9.17, 15) is 19.1 Å². The summed E-state index contributed by atoms with van der Waals surface area (Å²) >= 11 is 0. The Morgan fingerprint density at radius 3 is 2.35 bits per heavy atom. The molecule has 1 saturated heterocycles. The molecule has 2 aromatic rings. The van der Waals surface area contributed by atoms with Crippen LogP contribution in [-0.2, 0) is 9.59 Å². The van der Waals surface area contributed by atoms with Crippen LogP contribution in [0.15, 0.2) is 48.0 Å². The molecule has 0 aromatic heterocycles. The van der Waals surface area contributed by atoms with Crippen LogP contribution in [0.1, 0.15) is 17.2 Å². The SMILES string of the molecule is COc1ccc(C(O)=C2C(=O)C(=O)N(CCN(C)C)[C@H]2c2ccc(F)cc2)c(OC)c1. The van der Waals surface area contributed by atoms with Gasteiger partial charge >= 0.3 is 0 Å². The molecule has 1 atom stereocenters. The predicted octanol–water partition coefficient (Wildman–Crippen LogP) is 2.83. The largest absolute Gasteiger partial charge is 0.507 e. The van der Waals surface area contributed by atoms with E-state index in [0.29, 0.717) is 17.9 Å². The molecule has 8 heteroatoms. The fourth-order valence-electron chi connectivity index (χ4n) is 3.55. The maximum Gasteiger partial charge on any atom is 0.295 e. The van der Waals surface area contributed by atoms with Crippen LogP contribution >= 0.6 is 0 Å². The standard InChI is InChI=1S/C23H25FN2O5/c1-25(2)11-12-26-20(14-5-7-15(24)8-6-14)19(22(28)23(26)29)21(27)17-10-9-16(30-3)13-18(17)31-4/h5-10,13,20,27H,11-12H2,1-4H3/t20-/m0/s1. The number of hydrogen-bond donors (Lipinski definition) is 1. The number of rotatable bonds is 7. The Hall–Kier alpha value is -3.39. The second-order valence-electron chi connectivity index (χ2n) is 7.41. The van der Waals surface area contributed by atoms with Crippen LogP contribution in [0.5, 0.6) is 11.5 Å². The van der Waals surface area contributed by atoms with Gasteiger partial charge in [-0.1, -0.05) is 12.1 Å². The first kappa shape index (κ1) is 22.3. The van der Waals surface area contributed by atoms with Crippen molar-refractivity contribution in [2.45, 2.75) is 6.04 Å². The molecule has 0 aliphatic carbocycles. The number of hydrogen-bond acceptors (Lipinski definition) is 6. The molecule has 1 heterocycles. The zero-order valence-corrected chi connectivity index (χ0v) is 17.9. The highest BCUT2D eigenvalue weighted by Gasteiger charge is 2.46. The molecule has 1 amide bonds. The summed E-state index contributed by atoms with van der Waals surface area (Å²) in [5.41, 5.74) is 0.702. The number of amides is 1. The molecular weight excluding hydrogens is 403 g/mol. The van der Waals surface area contributed by atoms with Crippen LogP contribution in [0.25, 0.3) is 5.76 Å². The average molecular weight is 428 g/mol. The minimum absolute atomic E-state index is 0.0705. The molecule has 2 aromatic carbocycles. The summed E-state index contributed by atoms with van der Waals surface area (Å²) in [5, 5.41) is 11.1. The van der Waals surface area contributed by atoms with Crippen LogP contribution in [-0.4, -0.2) is 68.0 Å². The van der Waals surface area contributed by atoms with Crippen molar-refractivity contribution in [2.24, 2.45) is 0 Å². The van der Waals surface area contributed by atoms with Gasteiger partial charge in [-0.3, -0.25) is 9.59 Å². The van der Waals surface area contributed by atoms with E-state index in [-0.39, 0.29) is 29.2 Å². The summed E-state index contributed by atoms with van der Waals surface area (Å²) in [6, 6.07) is 9.43. The molecule has 1 aliphatic heterocycles. The third-order valence-corrected chi connectivity index (χ3v) is 5.18. The zero-order chi connectivity index (χ0) is 22.7. The third kappa shape index (κ3) is 4.39. The number of likely N-dealkylation sites (tertiary alicyclic amines) is 1. The maximum atomic E-state index is 13.5. The predicted molar refractivity (Wildman–Crippen MR) is 114 cm³/mol. The van der Waals surface area contributed by atoms with E-state index in [2.05, 4.69) is 0 Å². The number of aliphatic hydroxyl groups excluding tert-OH is 1.